The second kappa shape index (κ2) is 7.01. The summed E-state index contributed by atoms with van der Waals surface area (Å²) in [5.74, 6) is -0.341. The van der Waals surface area contributed by atoms with Crippen molar-refractivity contribution in [3.05, 3.63) is 77.0 Å². The molecule has 0 atom stereocenters. The van der Waals surface area contributed by atoms with Crippen molar-refractivity contribution in [1.82, 2.24) is 9.55 Å². The zero-order chi connectivity index (χ0) is 18.7. The summed E-state index contributed by atoms with van der Waals surface area (Å²) in [4.78, 5) is 26.6. The monoisotopic (exact) mass is 371 g/mol. The maximum atomic E-state index is 12.3. The molecule has 0 radical (unpaired) electrons. The first-order valence-electron chi connectivity index (χ1n) is 7.91. The Bertz CT molecular complexity index is 1080. The fourth-order valence-corrected chi connectivity index (χ4v) is 3.30. The van der Waals surface area contributed by atoms with Crippen LogP contribution in [0.4, 0.5) is 5.69 Å². The molecule has 0 unspecified atom stereocenters. The van der Waals surface area contributed by atoms with E-state index < -0.39 is 9.84 Å². The highest BCUT2D eigenvalue weighted by Crippen LogP contribution is 2.15. The number of aromatic amines is 1. The van der Waals surface area contributed by atoms with Crippen LogP contribution >= 0.6 is 0 Å². The Morgan fingerprint density at radius 2 is 1.73 bits per heavy atom. The van der Waals surface area contributed by atoms with Crippen molar-refractivity contribution < 1.29 is 13.2 Å². The van der Waals surface area contributed by atoms with E-state index in [2.05, 4.69) is 10.3 Å². The standard InChI is InChI=1S/C18H17N3O4S/c1-2-26(24,25)16-9-3-13(4-10-16)17(22)20-14-5-7-15(8-6-14)21-12-11-19-18(21)23/h3-12H,2H2,1H3,(H,19,23)(H,20,22). The summed E-state index contributed by atoms with van der Waals surface area (Å²) in [7, 11) is -3.29. The van der Waals surface area contributed by atoms with Crippen LogP contribution in [0, 0.1) is 0 Å². The number of benzene rings is 2. The van der Waals surface area contributed by atoms with Gasteiger partial charge in [0.2, 0.25) is 0 Å². The molecule has 26 heavy (non-hydrogen) atoms. The van der Waals surface area contributed by atoms with Crippen LogP contribution in [-0.2, 0) is 9.84 Å². The second-order valence-corrected chi connectivity index (χ2v) is 7.84. The van der Waals surface area contributed by atoms with Crippen LogP contribution in [0.25, 0.3) is 5.69 Å². The molecule has 8 heteroatoms. The number of carbonyl (C=O) groups is 1. The number of amides is 1. The number of imidazole rings is 1. The number of anilines is 1. The van der Waals surface area contributed by atoms with E-state index in [4.69, 9.17) is 0 Å². The fraction of sp³-hybridized carbons (Fsp3) is 0.111. The van der Waals surface area contributed by atoms with Gasteiger partial charge in [-0.15, -0.1) is 0 Å². The number of H-pyrrole nitrogens is 1. The van der Waals surface area contributed by atoms with E-state index in [9.17, 15) is 18.0 Å². The highest BCUT2D eigenvalue weighted by Gasteiger charge is 2.13. The van der Waals surface area contributed by atoms with Crippen LogP contribution in [0.3, 0.4) is 0 Å². The van der Waals surface area contributed by atoms with Gasteiger partial charge in [-0.2, -0.15) is 0 Å². The Morgan fingerprint density at radius 1 is 1.08 bits per heavy atom. The molecule has 0 aliphatic carbocycles. The number of hydrogen-bond acceptors (Lipinski definition) is 4. The molecule has 1 heterocycles. The highest BCUT2D eigenvalue weighted by molar-refractivity contribution is 7.91. The van der Waals surface area contributed by atoms with Crippen molar-refractivity contribution in [3.63, 3.8) is 0 Å². The van der Waals surface area contributed by atoms with Gasteiger partial charge in [0.05, 0.1) is 16.3 Å². The number of nitrogens with one attached hydrogen (secondary N) is 2. The van der Waals surface area contributed by atoms with Crippen LogP contribution in [0.2, 0.25) is 0 Å². The average molecular weight is 371 g/mol. The third kappa shape index (κ3) is 3.60. The van der Waals surface area contributed by atoms with E-state index in [0.717, 1.165) is 0 Å². The van der Waals surface area contributed by atoms with Gasteiger partial charge in [0, 0.05) is 23.6 Å². The summed E-state index contributed by atoms with van der Waals surface area (Å²) in [6.45, 7) is 1.57. The fourth-order valence-electron chi connectivity index (χ4n) is 2.41. The van der Waals surface area contributed by atoms with Crippen LogP contribution in [0.15, 0.2) is 70.6 Å². The van der Waals surface area contributed by atoms with Gasteiger partial charge in [0.1, 0.15) is 0 Å². The van der Waals surface area contributed by atoms with Gasteiger partial charge in [-0.3, -0.25) is 9.36 Å². The van der Waals surface area contributed by atoms with Gasteiger partial charge in [-0.05, 0) is 48.5 Å². The van der Waals surface area contributed by atoms with E-state index in [-0.39, 0.29) is 22.2 Å². The van der Waals surface area contributed by atoms with Crippen molar-refractivity contribution in [2.45, 2.75) is 11.8 Å². The lowest BCUT2D eigenvalue weighted by Gasteiger charge is -2.08. The SMILES string of the molecule is CCS(=O)(=O)c1ccc(C(=O)Nc2ccc(-n3cc[nH]c3=O)cc2)cc1. The third-order valence-corrected chi connectivity index (χ3v) is 5.66. The minimum atomic E-state index is -3.29. The Balaban J connectivity index is 1.74. The summed E-state index contributed by atoms with van der Waals surface area (Å²) in [6, 6.07) is 12.6. The van der Waals surface area contributed by atoms with Crippen molar-refractivity contribution in [2.75, 3.05) is 11.1 Å². The first kappa shape index (κ1) is 17.7. The number of carbonyl (C=O) groups excluding carboxylic acids is 1. The van der Waals surface area contributed by atoms with Gasteiger partial charge >= 0.3 is 5.69 Å². The predicted molar refractivity (Wildman–Crippen MR) is 98.5 cm³/mol. The zero-order valence-electron chi connectivity index (χ0n) is 14.0. The molecular formula is C18H17N3O4S. The smallest absolute Gasteiger partial charge is 0.322 e. The van der Waals surface area contributed by atoms with Crippen LogP contribution < -0.4 is 11.0 Å². The van der Waals surface area contributed by atoms with Gasteiger partial charge in [0.15, 0.2) is 9.84 Å². The van der Waals surface area contributed by atoms with Gasteiger partial charge in [-0.25, -0.2) is 13.2 Å². The summed E-state index contributed by atoms with van der Waals surface area (Å²) < 4.78 is 25.0. The summed E-state index contributed by atoms with van der Waals surface area (Å²) in [5, 5.41) is 2.73. The second-order valence-electron chi connectivity index (χ2n) is 5.56. The molecule has 0 saturated carbocycles. The maximum Gasteiger partial charge on any atom is 0.330 e. The van der Waals surface area contributed by atoms with Gasteiger partial charge in [-0.1, -0.05) is 6.92 Å². The van der Waals surface area contributed by atoms with Crippen LogP contribution in [0.5, 0.6) is 0 Å². The van der Waals surface area contributed by atoms with Crippen LogP contribution in [-0.4, -0.2) is 29.6 Å². The van der Waals surface area contributed by atoms with Gasteiger partial charge in [0.25, 0.3) is 5.91 Å². The average Bonchev–Trinajstić information content (AvgIpc) is 3.08. The number of nitrogens with zero attached hydrogens (tertiary/aromatic N) is 1. The maximum absolute atomic E-state index is 12.3. The molecule has 0 saturated heterocycles. The quantitative estimate of drug-likeness (QED) is 0.718. The number of aromatic nitrogens is 2. The third-order valence-electron chi connectivity index (χ3n) is 3.91. The molecule has 7 nitrogen and oxygen atoms in total. The Morgan fingerprint density at radius 3 is 2.27 bits per heavy atom. The largest absolute Gasteiger partial charge is 0.330 e. The molecular weight excluding hydrogens is 354 g/mol. The molecule has 3 aromatic rings. The molecule has 0 fully saturated rings. The minimum Gasteiger partial charge on any atom is -0.322 e. The minimum absolute atomic E-state index is 0.00905. The molecule has 2 aromatic carbocycles. The van der Waals surface area contributed by atoms with Crippen molar-refractivity contribution in [1.29, 1.82) is 0 Å². The Hall–Kier alpha value is -3.13. The Labute approximate surface area is 150 Å². The lowest BCUT2D eigenvalue weighted by atomic mass is 10.2. The molecule has 2 N–H and O–H groups in total. The van der Waals surface area contributed by atoms with E-state index in [1.54, 1.807) is 43.6 Å². The van der Waals surface area contributed by atoms with Crippen molar-refractivity contribution >= 4 is 21.4 Å². The lowest BCUT2D eigenvalue weighted by Crippen LogP contribution is -2.14. The molecule has 1 amide bonds. The first-order chi connectivity index (χ1) is 12.4. The van der Waals surface area contributed by atoms with Crippen LogP contribution in [0.1, 0.15) is 17.3 Å². The lowest BCUT2D eigenvalue weighted by molar-refractivity contribution is 0.102. The zero-order valence-corrected chi connectivity index (χ0v) is 14.8. The topological polar surface area (TPSA) is 101 Å². The highest BCUT2D eigenvalue weighted by atomic mass is 32.2. The molecule has 0 aliphatic rings. The molecule has 0 spiro atoms. The molecule has 0 bridgehead atoms. The first-order valence-corrected chi connectivity index (χ1v) is 9.56. The molecule has 134 valence electrons. The summed E-state index contributed by atoms with van der Waals surface area (Å²) >= 11 is 0. The molecule has 1 aromatic heterocycles. The number of rotatable bonds is 5. The predicted octanol–water partition coefficient (Wildman–Crippen LogP) is 2.21. The number of sulfone groups is 1. The van der Waals surface area contributed by atoms with E-state index in [1.165, 1.54) is 28.8 Å². The molecule has 0 aliphatic heterocycles. The van der Waals surface area contributed by atoms with Crippen molar-refractivity contribution in [2.24, 2.45) is 0 Å². The summed E-state index contributed by atoms with van der Waals surface area (Å²) in [5.41, 5.74) is 1.34. The van der Waals surface area contributed by atoms with Gasteiger partial charge < -0.3 is 10.3 Å². The Kier molecular flexibility index (Phi) is 4.77. The normalized spacial score (nSPS) is 11.3. The molecule has 3 rings (SSSR count). The summed E-state index contributed by atoms with van der Waals surface area (Å²) in [6.07, 6.45) is 3.16. The number of hydrogen-bond donors (Lipinski definition) is 2. The van der Waals surface area contributed by atoms with E-state index in [1.807, 2.05) is 0 Å². The van der Waals surface area contributed by atoms with Crippen molar-refractivity contribution in [3.8, 4) is 5.69 Å². The van der Waals surface area contributed by atoms with E-state index in [0.29, 0.717) is 16.9 Å². The van der Waals surface area contributed by atoms with E-state index >= 15 is 0 Å².